The smallest absolute Gasteiger partial charge is 0.252 e. The molecule has 6 heteroatoms. The Morgan fingerprint density at radius 3 is 2.57 bits per heavy atom. The number of hydrogen-bond donors (Lipinski definition) is 1. The van der Waals surface area contributed by atoms with E-state index in [9.17, 15) is 4.79 Å². The molecule has 21 heavy (non-hydrogen) atoms. The quantitative estimate of drug-likeness (QED) is 0.861. The Morgan fingerprint density at radius 1 is 1.29 bits per heavy atom. The lowest BCUT2D eigenvalue weighted by atomic mass is 9.90. The summed E-state index contributed by atoms with van der Waals surface area (Å²) < 4.78 is 12.1. The van der Waals surface area contributed by atoms with Crippen molar-refractivity contribution in [2.75, 3.05) is 13.2 Å². The van der Waals surface area contributed by atoms with Gasteiger partial charge in [0.05, 0.1) is 18.8 Å². The second-order valence-corrected chi connectivity index (χ2v) is 6.77. The van der Waals surface area contributed by atoms with Crippen LogP contribution in [0.3, 0.4) is 0 Å². The second kappa shape index (κ2) is 6.24. The molecule has 1 aliphatic heterocycles. The van der Waals surface area contributed by atoms with E-state index in [1.54, 1.807) is 18.2 Å². The van der Waals surface area contributed by atoms with Gasteiger partial charge in [0, 0.05) is 28.4 Å². The monoisotopic (exact) mass is 373 g/mol. The van der Waals surface area contributed by atoms with Gasteiger partial charge in [-0.15, -0.1) is 0 Å². The van der Waals surface area contributed by atoms with Crippen LogP contribution in [0, 0.1) is 0 Å². The lowest BCUT2D eigenvalue weighted by molar-refractivity contribution is -0.179. The first kappa shape index (κ1) is 15.3. The van der Waals surface area contributed by atoms with Crippen LogP contribution in [0.2, 0.25) is 5.02 Å². The molecule has 2 aliphatic rings. The highest BCUT2D eigenvalue weighted by atomic mass is 79.9. The van der Waals surface area contributed by atoms with Crippen molar-refractivity contribution >= 4 is 33.4 Å². The number of carbonyl (C=O) groups excluding carboxylic acids is 1. The summed E-state index contributed by atoms with van der Waals surface area (Å²) in [6, 6.07) is 5.34. The summed E-state index contributed by atoms with van der Waals surface area (Å²) in [4.78, 5) is 12.3. The fourth-order valence-electron chi connectivity index (χ4n) is 2.92. The molecule has 1 aliphatic carbocycles. The normalized spacial score (nSPS) is 21.6. The van der Waals surface area contributed by atoms with Crippen molar-refractivity contribution in [1.29, 1.82) is 0 Å². The van der Waals surface area contributed by atoms with Gasteiger partial charge < -0.3 is 14.8 Å². The van der Waals surface area contributed by atoms with Crippen LogP contribution in [0.25, 0.3) is 0 Å². The maximum atomic E-state index is 12.3. The average molecular weight is 375 g/mol. The van der Waals surface area contributed by atoms with Gasteiger partial charge in [0.25, 0.3) is 5.91 Å². The zero-order valence-corrected chi connectivity index (χ0v) is 13.9. The van der Waals surface area contributed by atoms with E-state index in [2.05, 4.69) is 21.2 Å². The zero-order valence-electron chi connectivity index (χ0n) is 11.5. The highest BCUT2D eigenvalue weighted by molar-refractivity contribution is 9.10. The van der Waals surface area contributed by atoms with E-state index in [1.807, 2.05) is 0 Å². The maximum absolute atomic E-state index is 12.3. The SMILES string of the molecule is O=C(NC1CCC2(CC1)OCCO2)c1ccc(Cl)cc1Br. The number of hydrogen-bond acceptors (Lipinski definition) is 3. The Balaban J connectivity index is 1.58. The Bertz CT molecular complexity index is 536. The number of amides is 1. The molecule has 114 valence electrons. The third-order valence-corrected chi connectivity index (χ3v) is 4.96. The fourth-order valence-corrected chi connectivity index (χ4v) is 3.79. The largest absolute Gasteiger partial charge is 0.349 e. The highest BCUT2D eigenvalue weighted by Crippen LogP contribution is 2.35. The van der Waals surface area contributed by atoms with Gasteiger partial charge in [-0.05, 0) is 47.0 Å². The molecule has 0 aromatic heterocycles. The minimum Gasteiger partial charge on any atom is -0.349 e. The first-order valence-corrected chi connectivity index (χ1v) is 8.29. The molecule has 0 radical (unpaired) electrons. The van der Waals surface area contributed by atoms with Crippen LogP contribution in [0.1, 0.15) is 36.0 Å². The molecule has 0 unspecified atom stereocenters. The van der Waals surface area contributed by atoms with Crippen LogP contribution in [0.5, 0.6) is 0 Å². The van der Waals surface area contributed by atoms with Crippen LogP contribution in [-0.4, -0.2) is 30.9 Å². The van der Waals surface area contributed by atoms with E-state index in [0.717, 1.165) is 25.7 Å². The third-order valence-electron chi connectivity index (χ3n) is 4.07. The number of carbonyl (C=O) groups is 1. The molecule has 2 fully saturated rings. The summed E-state index contributed by atoms with van der Waals surface area (Å²) in [5, 5.41) is 3.68. The van der Waals surface area contributed by atoms with Gasteiger partial charge in [0.1, 0.15) is 0 Å². The van der Waals surface area contributed by atoms with E-state index in [4.69, 9.17) is 21.1 Å². The highest BCUT2D eigenvalue weighted by Gasteiger charge is 2.40. The van der Waals surface area contributed by atoms with Crippen LogP contribution in [0.4, 0.5) is 0 Å². The van der Waals surface area contributed by atoms with Gasteiger partial charge in [-0.3, -0.25) is 4.79 Å². The first-order chi connectivity index (χ1) is 10.1. The maximum Gasteiger partial charge on any atom is 0.252 e. The molecule has 1 spiro atoms. The molecule has 1 saturated carbocycles. The number of halogens is 2. The third kappa shape index (κ3) is 3.42. The summed E-state index contributed by atoms with van der Waals surface area (Å²) in [6.07, 6.45) is 3.41. The molecule has 4 nitrogen and oxygen atoms in total. The molecule has 0 bridgehead atoms. The van der Waals surface area contributed by atoms with E-state index in [0.29, 0.717) is 28.3 Å². The van der Waals surface area contributed by atoms with Crippen molar-refractivity contribution in [2.45, 2.75) is 37.5 Å². The second-order valence-electron chi connectivity index (χ2n) is 5.48. The van der Waals surface area contributed by atoms with Crippen LogP contribution >= 0.6 is 27.5 Å². The summed E-state index contributed by atoms with van der Waals surface area (Å²) in [7, 11) is 0. The topological polar surface area (TPSA) is 47.6 Å². The molecule has 1 aromatic carbocycles. The fraction of sp³-hybridized carbons (Fsp3) is 0.533. The molecule has 1 heterocycles. The van der Waals surface area contributed by atoms with E-state index >= 15 is 0 Å². The van der Waals surface area contributed by atoms with E-state index < -0.39 is 0 Å². The van der Waals surface area contributed by atoms with Crippen molar-refractivity contribution in [3.8, 4) is 0 Å². The molecule has 1 saturated heterocycles. The molecule has 1 amide bonds. The predicted octanol–water partition coefficient (Wildman–Crippen LogP) is 3.52. The summed E-state index contributed by atoms with van der Waals surface area (Å²) >= 11 is 9.27. The molecule has 1 N–H and O–H groups in total. The van der Waals surface area contributed by atoms with Crippen LogP contribution < -0.4 is 5.32 Å². The van der Waals surface area contributed by atoms with Crippen molar-refractivity contribution in [2.24, 2.45) is 0 Å². The van der Waals surface area contributed by atoms with Crippen LogP contribution in [0.15, 0.2) is 22.7 Å². The molecule has 1 aromatic rings. The molecular weight excluding hydrogens is 358 g/mol. The van der Waals surface area contributed by atoms with Crippen molar-refractivity contribution in [1.82, 2.24) is 5.32 Å². The Morgan fingerprint density at radius 2 is 1.95 bits per heavy atom. The van der Waals surface area contributed by atoms with Crippen molar-refractivity contribution in [3.05, 3.63) is 33.3 Å². The average Bonchev–Trinajstić information content (AvgIpc) is 2.90. The number of rotatable bonds is 2. The molecule has 0 atom stereocenters. The molecule has 3 rings (SSSR count). The predicted molar refractivity (Wildman–Crippen MR) is 83.5 cm³/mol. The Hall–Kier alpha value is -0.620. The van der Waals surface area contributed by atoms with Gasteiger partial charge in [-0.1, -0.05) is 11.6 Å². The lowest BCUT2D eigenvalue weighted by Crippen LogP contribution is -2.44. The number of nitrogens with one attached hydrogen (secondary N) is 1. The standard InChI is InChI=1S/C15H17BrClNO3/c16-13-9-10(17)1-2-12(13)14(19)18-11-3-5-15(6-4-11)20-7-8-21-15/h1-2,9,11H,3-8H2,(H,18,19). The van der Waals surface area contributed by atoms with E-state index in [1.165, 1.54) is 0 Å². The van der Waals surface area contributed by atoms with Gasteiger partial charge in [-0.2, -0.15) is 0 Å². The Labute approximate surface area is 137 Å². The van der Waals surface area contributed by atoms with Crippen molar-refractivity contribution < 1.29 is 14.3 Å². The van der Waals surface area contributed by atoms with E-state index in [-0.39, 0.29) is 17.7 Å². The van der Waals surface area contributed by atoms with Crippen molar-refractivity contribution in [3.63, 3.8) is 0 Å². The van der Waals surface area contributed by atoms with Crippen LogP contribution in [-0.2, 0) is 9.47 Å². The minimum absolute atomic E-state index is 0.0762. The van der Waals surface area contributed by atoms with Gasteiger partial charge in [-0.25, -0.2) is 0 Å². The zero-order chi connectivity index (χ0) is 14.9. The lowest BCUT2D eigenvalue weighted by Gasteiger charge is -2.35. The van der Waals surface area contributed by atoms with Gasteiger partial charge >= 0.3 is 0 Å². The Kier molecular flexibility index (Phi) is 4.54. The first-order valence-electron chi connectivity index (χ1n) is 7.12. The van der Waals surface area contributed by atoms with Gasteiger partial charge in [0.2, 0.25) is 0 Å². The molecular formula is C15H17BrClNO3. The summed E-state index contributed by atoms with van der Waals surface area (Å²) in [6.45, 7) is 1.35. The number of benzene rings is 1. The summed E-state index contributed by atoms with van der Waals surface area (Å²) in [5.74, 6) is -0.463. The summed E-state index contributed by atoms with van der Waals surface area (Å²) in [5.41, 5.74) is 0.605. The minimum atomic E-state index is -0.387. The number of ether oxygens (including phenoxy) is 2. The van der Waals surface area contributed by atoms with Gasteiger partial charge in [0.15, 0.2) is 5.79 Å².